The van der Waals surface area contributed by atoms with Gasteiger partial charge in [-0.05, 0) is 45.7 Å². The van der Waals surface area contributed by atoms with E-state index in [4.69, 9.17) is 0 Å². The summed E-state index contributed by atoms with van der Waals surface area (Å²) in [7, 11) is 0. The summed E-state index contributed by atoms with van der Waals surface area (Å²) < 4.78 is 0. The van der Waals surface area contributed by atoms with E-state index in [1.165, 1.54) is 4.90 Å². The van der Waals surface area contributed by atoms with Crippen LogP contribution in [0.15, 0.2) is 0 Å². The fourth-order valence-corrected chi connectivity index (χ4v) is 3.09. The van der Waals surface area contributed by atoms with Gasteiger partial charge in [-0.1, -0.05) is 0 Å². The average molecular weight is 269 g/mol. The number of carboxylic acid groups (broad SMARTS) is 1. The molecule has 0 radical (unpaired) electrons. The Labute approximate surface area is 113 Å². The van der Waals surface area contributed by atoms with Crippen molar-refractivity contribution in [2.45, 2.75) is 44.7 Å². The highest BCUT2D eigenvalue weighted by Crippen LogP contribution is 2.22. The Morgan fingerprint density at radius 2 is 2.00 bits per heavy atom. The second-order valence-electron chi connectivity index (χ2n) is 5.24. The normalized spacial score (nSPS) is 24.5. The van der Waals surface area contributed by atoms with Crippen LogP contribution < -0.4 is 5.32 Å². The van der Waals surface area contributed by atoms with Crippen molar-refractivity contribution in [1.29, 1.82) is 0 Å². The fraction of sp³-hybridized carbons (Fsp3) is 0.846. The van der Waals surface area contributed by atoms with Crippen LogP contribution in [0.2, 0.25) is 0 Å². The smallest absolute Gasteiger partial charge is 0.326 e. The number of nitrogens with one attached hydrogen (secondary N) is 1. The van der Waals surface area contributed by atoms with Crippen LogP contribution in [-0.4, -0.2) is 65.2 Å². The number of aliphatic carboxylic acids is 1. The largest absolute Gasteiger partial charge is 0.480 e. The number of carbonyl (C=O) groups excluding carboxylic acids is 1. The molecule has 2 amide bonds. The van der Waals surface area contributed by atoms with E-state index in [0.717, 1.165) is 32.4 Å². The van der Waals surface area contributed by atoms with Gasteiger partial charge >= 0.3 is 12.0 Å². The van der Waals surface area contributed by atoms with Crippen molar-refractivity contribution in [2.24, 2.45) is 0 Å². The number of hydrogen-bond donors (Lipinski definition) is 2. The van der Waals surface area contributed by atoms with Crippen molar-refractivity contribution < 1.29 is 14.7 Å². The topological polar surface area (TPSA) is 72.9 Å². The molecule has 108 valence electrons. The van der Waals surface area contributed by atoms with Crippen LogP contribution >= 0.6 is 0 Å². The SMILES string of the molecule is CCN(C(=O)N1CCCC1C(=O)O)C1CCNCC1. The second kappa shape index (κ2) is 6.23. The van der Waals surface area contributed by atoms with Gasteiger partial charge in [0, 0.05) is 19.1 Å². The van der Waals surface area contributed by atoms with E-state index in [1.807, 2.05) is 11.8 Å². The van der Waals surface area contributed by atoms with E-state index in [9.17, 15) is 14.7 Å². The maximum absolute atomic E-state index is 12.6. The first-order valence-electron chi connectivity index (χ1n) is 7.16. The molecule has 0 saturated carbocycles. The number of hydrogen-bond acceptors (Lipinski definition) is 3. The summed E-state index contributed by atoms with van der Waals surface area (Å²) in [5.74, 6) is -0.882. The Kier molecular flexibility index (Phi) is 4.63. The molecule has 0 bridgehead atoms. The number of carboxylic acids is 1. The van der Waals surface area contributed by atoms with Crippen LogP contribution in [0.1, 0.15) is 32.6 Å². The van der Waals surface area contributed by atoms with Crippen LogP contribution in [0.3, 0.4) is 0 Å². The Hall–Kier alpha value is -1.30. The molecule has 2 rings (SSSR count). The molecule has 2 N–H and O–H groups in total. The third kappa shape index (κ3) is 3.00. The standard InChI is InChI=1S/C13H23N3O3/c1-2-15(10-5-7-14-8-6-10)13(19)16-9-3-4-11(16)12(17)18/h10-11,14H,2-9H2,1H3,(H,17,18). The zero-order valence-corrected chi connectivity index (χ0v) is 11.5. The summed E-state index contributed by atoms with van der Waals surface area (Å²) in [5, 5.41) is 12.5. The van der Waals surface area contributed by atoms with Crippen LogP contribution in [0.4, 0.5) is 4.79 Å². The molecule has 6 nitrogen and oxygen atoms in total. The summed E-state index contributed by atoms with van der Waals surface area (Å²) in [5.41, 5.74) is 0. The number of rotatable bonds is 3. The van der Waals surface area contributed by atoms with E-state index in [0.29, 0.717) is 19.5 Å². The number of urea groups is 1. The van der Waals surface area contributed by atoms with Gasteiger partial charge in [0.05, 0.1) is 0 Å². The zero-order chi connectivity index (χ0) is 13.8. The van der Waals surface area contributed by atoms with E-state index in [1.54, 1.807) is 0 Å². The third-order valence-electron chi connectivity index (χ3n) is 4.12. The summed E-state index contributed by atoms with van der Waals surface area (Å²) in [6.07, 6.45) is 3.26. The lowest BCUT2D eigenvalue weighted by Crippen LogP contribution is -2.53. The van der Waals surface area contributed by atoms with Crippen molar-refractivity contribution in [3.63, 3.8) is 0 Å². The molecular weight excluding hydrogens is 246 g/mol. The van der Waals surface area contributed by atoms with Gasteiger partial charge in [-0.15, -0.1) is 0 Å². The highest BCUT2D eigenvalue weighted by Gasteiger charge is 2.37. The zero-order valence-electron chi connectivity index (χ0n) is 11.5. The average Bonchev–Trinajstić information content (AvgIpc) is 2.90. The van der Waals surface area contributed by atoms with Gasteiger partial charge in [0.1, 0.15) is 6.04 Å². The molecule has 1 atom stereocenters. The molecule has 0 aromatic heterocycles. The van der Waals surface area contributed by atoms with E-state index >= 15 is 0 Å². The predicted octanol–water partition coefficient (Wildman–Crippen LogP) is 0.729. The van der Waals surface area contributed by atoms with Gasteiger partial charge in [-0.2, -0.15) is 0 Å². The first-order chi connectivity index (χ1) is 9.15. The Morgan fingerprint density at radius 3 is 2.58 bits per heavy atom. The Balaban J connectivity index is 2.05. The van der Waals surface area contributed by atoms with Gasteiger partial charge in [0.25, 0.3) is 0 Å². The van der Waals surface area contributed by atoms with Crippen LogP contribution in [0.25, 0.3) is 0 Å². The molecule has 2 heterocycles. The number of carbonyl (C=O) groups is 2. The van der Waals surface area contributed by atoms with Crippen molar-refractivity contribution in [2.75, 3.05) is 26.2 Å². The molecule has 0 aromatic carbocycles. The van der Waals surface area contributed by atoms with Gasteiger partial charge < -0.3 is 20.2 Å². The van der Waals surface area contributed by atoms with Crippen LogP contribution in [0, 0.1) is 0 Å². The van der Waals surface area contributed by atoms with Gasteiger partial charge in [-0.3, -0.25) is 0 Å². The number of piperidine rings is 1. The van der Waals surface area contributed by atoms with Gasteiger partial charge in [0.2, 0.25) is 0 Å². The first-order valence-corrected chi connectivity index (χ1v) is 7.16. The fourth-order valence-electron chi connectivity index (χ4n) is 3.09. The quantitative estimate of drug-likeness (QED) is 0.792. The van der Waals surface area contributed by atoms with E-state index in [2.05, 4.69) is 5.32 Å². The van der Waals surface area contributed by atoms with Crippen molar-refractivity contribution >= 4 is 12.0 Å². The number of nitrogens with zero attached hydrogens (tertiary/aromatic N) is 2. The highest BCUT2D eigenvalue weighted by atomic mass is 16.4. The summed E-state index contributed by atoms with van der Waals surface area (Å²) in [6, 6.07) is -0.489. The molecule has 0 spiro atoms. The van der Waals surface area contributed by atoms with Gasteiger partial charge in [0.15, 0.2) is 0 Å². The third-order valence-corrected chi connectivity index (χ3v) is 4.12. The molecule has 6 heteroatoms. The summed E-state index contributed by atoms with van der Waals surface area (Å²) >= 11 is 0. The minimum Gasteiger partial charge on any atom is -0.480 e. The molecule has 0 aromatic rings. The van der Waals surface area contributed by atoms with Crippen LogP contribution in [-0.2, 0) is 4.79 Å². The lowest BCUT2D eigenvalue weighted by molar-refractivity contribution is -0.141. The second-order valence-corrected chi connectivity index (χ2v) is 5.24. The minimum absolute atomic E-state index is 0.0979. The van der Waals surface area contributed by atoms with Crippen LogP contribution in [0.5, 0.6) is 0 Å². The predicted molar refractivity (Wildman–Crippen MR) is 71.0 cm³/mol. The summed E-state index contributed by atoms with van der Waals surface area (Å²) in [4.78, 5) is 27.1. The number of amides is 2. The monoisotopic (exact) mass is 269 g/mol. The molecule has 19 heavy (non-hydrogen) atoms. The molecule has 2 aliphatic rings. The maximum atomic E-state index is 12.6. The molecule has 0 aliphatic carbocycles. The molecule has 2 aliphatic heterocycles. The molecule has 2 fully saturated rings. The molecule has 1 unspecified atom stereocenters. The van der Waals surface area contributed by atoms with Crippen molar-refractivity contribution in [3.05, 3.63) is 0 Å². The lowest BCUT2D eigenvalue weighted by Gasteiger charge is -2.37. The maximum Gasteiger partial charge on any atom is 0.326 e. The highest BCUT2D eigenvalue weighted by molar-refractivity contribution is 5.83. The van der Waals surface area contributed by atoms with E-state index < -0.39 is 12.0 Å². The lowest BCUT2D eigenvalue weighted by atomic mass is 10.1. The Bertz CT molecular complexity index is 342. The minimum atomic E-state index is -0.882. The summed E-state index contributed by atoms with van der Waals surface area (Å²) in [6.45, 7) is 5.03. The van der Waals surface area contributed by atoms with Crippen molar-refractivity contribution in [3.8, 4) is 0 Å². The van der Waals surface area contributed by atoms with Gasteiger partial charge in [-0.25, -0.2) is 9.59 Å². The Morgan fingerprint density at radius 1 is 1.32 bits per heavy atom. The number of likely N-dealkylation sites (tertiary alicyclic amines) is 1. The molecular formula is C13H23N3O3. The first kappa shape index (κ1) is 14.1. The van der Waals surface area contributed by atoms with Crippen molar-refractivity contribution in [1.82, 2.24) is 15.1 Å². The molecule has 2 saturated heterocycles. The van der Waals surface area contributed by atoms with E-state index in [-0.39, 0.29) is 12.1 Å².